The Morgan fingerprint density at radius 1 is 1.50 bits per heavy atom. The lowest BCUT2D eigenvalue weighted by atomic mass is 10.3. The first-order valence-electron chi connectivity index (χ1n) is 5.75. The van der Waals surface area contributed by atoms with Crippen LogP contribution in [-0.4, -0.2) is 48.0 Å². The van der Waals surface area contributed by atoms with Crippen molar-refractivity contribution in [1.82, 2.24) is 14.9 Å². The lowest BCUT2D eigenvalue weighted by molar-refractivity contribution is -0.127. The van der Waals surface area contributed by atoms with E-state index in [1.54, 1.807) is 25.2 Å². The van der Waals surface area contributed by atoms with Crippen LogP contribution in [0.1, 0.15) is 12.5 Å². The zero-order valence-electron chi connectivity index (χ0n) is 11.3. The van der Waals surface area contributed by atoms with Crippen LogP contribution in [-0.2, 0) is 4.79 Å². The summed E-state index contributed by atoms with van der Waals surface area (Å²) in [6.07, 6.45) is 1.68. The SMILES string of the molecule is CCN(CC(=O)N(C)C)c1nc(NN)ncc1C. The van der Waals surface area contributed by atoms with Crippen LogP contribution in [0.5, 0.6) is 0 Å². The van der Waals surface area contributed by atoms with E-state index in [2.05, 4.69) is 15.4 Å². The number of rotatable bonds is 5. The topological polar surface area (TPSA) is 87.4 Å². The zero-order chi connectivity index (χ0) is 13.7. The third kappa shape index (κ3) is 3.30. The normalized spacial score (nSPS) is 10.1. The Hall–Kier alpha value is -1.89. The number of hydrogen-bond donors (Lipinski definition) is 2. The van der Waals surface area contributed by atoms with Crippen LogP contribution in [0.2, 0.25) is 0 Å². The summed E-state index contributed by atoms with van der Waals surface area (Å²) in [6.45, 7) is 4.84. The first-order chi connectivity index (χ1) is 8.49. The van der Waals surface area contributed by atoms with Gasteiger partial charge in [0.05, 0.1) is 6.54 Å². The molecule has 7 nitrogen and oxygen atoms in total. The number of hydrazine groups is 1. The van der Waals surface area contributed by atoms with Crippen molar-refractivity contribution in [3.8, 4) is 0 Å². The largest absolute Gasteiger partial charge is 0.347 e. The molecule has 0 saturated carbocycles. The summed E-state index contributed by atoms with van der Waals surface area (Å²) < 4.78 is 0. The van der Waals surface area contributed by atoms with Crippen molar-refractivity contribution in [2.24, 2.45) is 5.84 Å². The van der Waals surface area contributed by atoms with Gasteiger partial charge in [-0.05, 0) is 13.8 Å². The van der Waals surface area contributed by atoms with Gasteiger partial charge in [-0.15, -0.1) is 0 Å². The monoisotopic (exact) mass is 252 g/mol. The molecule has 1 aromatic heterocycles. The van der Waals surface area contributed by atoms with Crippen molar-refractivity contribution < 1.29 is 4.79 Å². The second kappa shape index (κ2) is 6.15. The molecule has 0 saturated heterocycles. The smallest absolute Gasteiger partial charge is 0.241 e. The number of anilines is 2. The van der Waals surface area contributed by atoms with Crippen LogP contribution in [0.15, 0.2) is 6.20 Å². The minimum atomic E-state index is 0.0251. The Balaban J connectivity index is 2.97. The fourth-order valence-corrected chi connectivity index (χ4v) is 1.46. The fraction of sp³-hybridized carbons (Fsp3) is 0.545. The number of nitrogen functional groups attached to an aromatic ring is 1. The number of amides is 1. The van der Waals surface area contributed by atoms with E-state index in [0.717, 1.165) is 11.4 Å². The Bertz CT molecular complexity index is 420. The van der Waals surface area contributed by atoms with E-state index in [0.29, 0.717) is 12.5 Å². The molecule has 3 N–H and O–H groups in total. The Labute approximate surface area is 107 Å². The molecule has 1 amide bonds. The van der Waals surface area contributed by atoms with Gasteiger partial charge < -0.3 is 9.80 Å². The first-order valence-corrected chi connectivity index (χ1v) is 5.75. The van der Waals surface area contributed by atoms with Gasteiger partial charge >= 0.3 is 0 Å². The molecule has 1 aromatic rings. The number of nitrogens with two attached hydrogens (primary N) is 1. The standard InChI is InChI=1S/C11H20N6O/c1-5-17(7-9(18)16(3)4)10-8(2)6-13-11(14-10)15-12/h6H,5,7,12H2,1-4H3,(H,13,14,15). The van der Waals surface area contributed by atoms with E-state index in [4.69, 9.17) is 5.84 Å². The molecule has 0 fully saturated rings. The Morgan fingerprint density at radius 3 is 2.67 bits per heavy atom. The predicted octanol–water partition coefficient (Wildman–Crippen LogP) is -0.0149. The van der Waals surface area contributed by atoms with Gasteiger partial charge in [0.15, 0.2) is 0 Å². The fourth-order valence-electron chi connectivity index (χ4n) is 1.46. The number of aryl methyl sites for hydroxylation is 1. The number of aromatic nitrogens is 2. The van der Waals surface area contributed by atoms with Gasteiger partial charge in [-0.3, -0.25) is 10.2 Å². The van der Waals surface area contributed by atoms with Crippen LogP contribution in [0.25, 0.3) is 0 Å². The minimum absolute atomic E-state index is 0.0251. The number of hydrogen-bond acceptors (Lipinski definition) is 6. The highest BCUT2D eigenvalue weighted by Crippen LogP contribution is 2.17. The molecule has 0 aliphatic carbocycles. The summed E-state index contributed by atoms with van der Waals surface area (Å²) in [6, 6.07) is 0. The van der Waals surface area contributed by atoms with Gasteiger partial charge in [0.25, 0.3) is 0 Å². The molecule has 0 aliphatic heterocycles. The Morgan fingerprint density at radius 2 is 2.17 bits per heavy atom. The van der Waals surface area contributed by atoms with Gasteiger partial charge in [-0.1, -0.05) is 0 Å². The first kappa shape index (κ1) is 14.2. The highest BCUT2D eigenvalue weighted by Gasteiger charge is 2.15. The van der Waals surface area contributed by atoms with Crippen molar-refractivity contribution >= 4 is 17.7 Å². The molecule has 7 heteroatoms. The number of nitrogens with one attached hydrogen (secondary N) is 1. The number of nitrogens with zero attached hydrogens (tertiary/aromatic N) is 4. The Kier molecular flexibility index (Phi) is 4.85. The molecule has 0 aromatic carbocycles. The van der Waals surface area contributed by atoms with Crippen molar-refractivity contribution in [2.75, 3.05) is 37.5 Å². The van der Waals surface area contributed by atoms with Crippen molar-refractivity contribution in [2.45, 2.75) is 13.8 Å². The highest BCUT2D eigenvalue weighted by atomic mass is 16.2. The van der Waals surface area contributed by atoms with Gasteiger partial charge in [0.1, 0.15) is 5.82 Å². The van der Waals surface area contributed by atoms with E-state index in [1.165, 1.54) is 0 Å². The highest BCUT2D eigenvalue weighted by molar-refractivity contribution is 5.80. The maximum atomic E-state index is 11.8. The minimum Gasteiger partial charge on any atom is -0.347 e. The maximum absolute atomic E-state index is 11.8. The van der Waals surface area contributed by atoms with Crippen LogP contribution in [0.3, 0.4) is 0 Å². The van der Waals surface area contributed by atoms with Crippen LogP contribution < -0.4 is 16.2 Å². The molecule has 18 heavy (non-hydrogen) atoms. The second-order valence-corrected chi connectivity index (χ2v) is 4.15. The number of carbonyl (C=O) groups excluding carboxylic acids is 1. The summed E-state index contributed by atoms with van der Waals surface area (Å²) in [7, 11) is 3.46. The van der Waals surface area contributed by atoms with E-state index in [9.17, 15) is 4.79 Å². The molecule has 0 bridgehead atoms. The molecule has 100 valence electrons. The summed E-state index contributed by atoms with van der Waals surface area (Å²) in [5.41, 5.74) is 3.31. The average Bonchev–Trinajstić information content (AvgIpc) is 2.36. The van der Waals surface area contributed by atoms with Gasteiger partial charge in [0, 0.05) is 32.4 Å². The summed E-state index contributed by atoms with van der Waals surface area (Å²) in [4.78, 5) is 23.5. The van der Waals surface area contributed by atoms with Crippen molar-refractivity contribution in [3.63, 3.8) is 0 Å². The van der Waals surface area contributed by atoms with E-state index < -0.39 is 0 Å². The molecule has 0 radical (unpaired) electrons. The molecule has 0 atom stereocenters. The number of carbonyl (C=O) groups is 1. The molecule has 0 unspecified atom stereocenters. The third-order valence-corrected chi connectivity index (χ3v) is 2.58. The molecule has 1 rings (SSSR count). The molecular formula is C11H20N6O. The summed E-state index contributed by atoms with van der Waals surface area (Å²) in [5.74, 6) is 6.37. The lowest BCUT2D eigenvalue weighted by Crippen LogP contribution is -2.37. The summed E-state index contributed by atoms with van der Waals surface area (Å²) in [5, 5.41) is 0. The van der Waals surface area contributed by atoms with E-state index in [-0.39, 0.29) is 12.5 Å². The van der Waals surface area contributed by atoms with Crippen molar-refractivity contribution in [3.05, 3.63) is 11.8 Å². The molecule has 0 aliphatic rings. The van der Waals surface area contributed by atoms with Gasteiger partial charge in [0.2, 0.25) is 11.9 Å². The maximum Gasteiger partial charge on any atom is 0.241 e. The van der Waals surface area contributed by atoms with Crippen molar-refractivity contribution in [1.29, 1.82) is 0 Å². The van der Waals surface area contributed by atoms with E-state index >= 15 is 0 Å². The van der Waals surface area contributed by atoms with Gasteiger partial charge in [-0.2, -0.15) is 4.98 Å². The second-order valence-electron chi connectivity index (χ2n) is 4.15. The van der Waals surface area contributed by atoms with E-state index in [1.807, 2.05) is 18.7 Å². The molecule has 0 spiro atoms. The summed E-state index contributed by atoms with van der Waals surface area (Å²) >= 11 is 0. The molecule has 1 heterocycles. The lowest BCUT2D eigenvalue weighted by Gasteiger charge is -2.24. The average molecular weight is 252 g/mol. The number of likely N-dealkylation sites (N-methyl/N-ethyl adjacent to an activating group) is 2. The van der Waals surface area contributed by atoms with Crippen LogP contribution >= 0.6 is 0 Å². The van der Waals surface area contributed by atoms with Crippen LogP contribution in [0, 0.1) is 6.92 Å². The quantitative estimate of drug-likeness (QED) is 0.566. The predicted molar refractivity (Wildman–Crippen MR) is 71.2 cm³/mol. The molecular weight excluding hydrogens is 232 g/mol. The van der Waals surface area contributed by atoms with Crippen LogP contribution in [0.4, 0.5) is 11.8 Å². The van der Waals surface area contributed by atoms with Gasteiger partial charge in [-0.25, -0.2) is 10.8 Å². The third-order valence-electron chi connectivity index (χ3n) is 2.58. The zero-order valence-corrected chi connectivity index (χ0v) is 11.3.